The Morgan fingerprint density at radius 3 is 2.47 bits per heavy atom. The predicted molar refractivity (Wildman–Crippen MR) is 123 cm³/mol. The lowest BCUT2D eigenvalue weighted by Gasteiger charge is -2.04. The van der Waals surface area contributed by atoms with Gasteiger partial charge in [-0.05, 0) is 48.8 Å². The molecule has 0 N–H and O–H groups in total. The van der Waals surface area contributed by atoms with Crippen LogP contribution in [-0.4, -0.2) is 21.2 Å². The molecule has 0 fully saturated rings. The smallest absolute Gasteiger partial charge is 0.291 e. The molecule has 2 aromatic carbocycles. The standard InChI is InChI=1S/C24H23N3O2S/c1-3-4-15-29-20-12-9-19(10-13-20)16-21-23(28)27-24(30-21)25-22(26-27)14-11-18-7-5-17(2)6-8-18/h5-14,16H,3-4,15H2,1-2H3/b14-11+,21-16-. The number of ether oxygens (including phenoxy) is 1. The number of nitrogens with zero attached hydrogens (tertiary/aromatic N) is 3. The quantitative estimate of drug-likeness (QED) is 0.419. The van der Waals surface area contributed by atoms with Crippen LogP contribution in [0.2, 0.25) is 0 Å². The number of fused-ring (bicyclic) bond motifs is 1. The van der Waals surface area contributed by atoms with Crippen molar-refractivity contribution in [2.24, 2.45) is 0 Å². The van der Waals surface area contributed by atoms with Gasteiger partial charge >= 0.3 is 0 Å². The molecule has 0 atom stereocenters. The summed E-state index contributed by atoms with van der Waals surface area (Å²) >= 11 is 1.34. The molecular weight excluding hydrogens is 394 g/mol. The van der Waals surface area contributed by atoms with E-state index in [0.717, 1.165) is 36.3 Å². The summed E-state index contributed by atoms with van der Waals surface area (Å²) in [6.45, 7) is 4.91. The third kappa shape index (κ3) is 4.66. The average molecular weight is 418 g/mol. The van der Waals surface area contributed by atoms with Gasteiger partial charge in [-0.2, -0.15) is 9.50 Å². The van der Waals surface area contributed by atoms with Crippen LogP contribution in [0.3, 0.4) is 0 Å². The predicted octanol–water partition coefficient (Wildman–Crippen LogP) is 4.36. The highest BCUT2D eigenvalue weighted by Gasteiger charge is 2.08. The summed E-state index contributed by atoms with van der Waals surface area (Å²) in [6.07, 6.45) is 7.78. The number of hydrogen-bond donors (Lipinski definition) is 0. The van der Waals surface area contributed by atoms with Crippen molar-refractivity contribution in [1.29, 1.82) is 0 Å². The van der Waals surface area contributed by atoms with Crippen LogP contribution in [-0.2, 0) is 0 Å². The van der Waals surface area contributed by atoms with E-state index in [0.29, 0.717) is 15.3 Å². The second-order valence-electron chi connectivity index (χ2n) is 7.10. The van der Waals surface area contributed by atoms with E-state index in [2.05, 4.69) is 36.1 Å². The molecule has 0 radical (unpaired) electrons. The molecular formula is C24H23N3O2S. The zero-order chi connectivity index (χ0) is 20.9. The molecule has 6 heteroatoms. The van der Waals surface area contributed by atoms with E-state index in [-0.39, 0.29) is 5.56 Å². The fraction of sp³-hybridized carbons (Fsp3) is 0.208. The van der Waals surface area contributed by atoms with Gasteiger partial charge in [-0.25, -0.2) is 0 Å². The molecule has 4 rings (SSSR count). The molecule has 30 heavy (non-hydrogen) atoms. The zero-order valence-electron chi connectivity index (χ0n) is 17.0. The van der Waals surface area contributed by atoms with Crippen molar-refractivity contribution in [2.75, 3.05) is 6.61 Å². The van der Waals surface area contributed by atoms with E-state index in [1.807, 2.05) is 54.6 Å². The Morgan fingerprint density at radius 2 is 1.77 bits per heavy atom. The van der Waals surface area contributed by atoms with Crippen LogP contribution in [0.1, 0.15) is 42.3 Å². The Bertz CT molecular complexity index is 1270. The van der Waals surface area contributed by atoms with Gasteiger partial charge < -0.3 is 4.74 Å². The molecule has 4 aromatic rings. The van der Waals surface area contributed by atoms with Crippen molar-refractivity contribution in [2.45, 2.75) is 26.7 Å². The minimum absolute atomic E-state index is 0.152. The molecule has 0 aliphatic rings. The van der Waals surface area contributed by atoms with Gasteiger partial charge in [-0.3, -0.25) is 4.79 Å². The molecule has 2 aromatic heterocycles. The van der Waals surface area contributed by atoms with Crippen LogP contribution in [0.25, 0.3) is 23.2 Å². The second kappa shape index (κ2) is 9.05. The molecule has 0 unspecified atom stereocenters. The molecule has 0 amide bonds. The lowest BCUT2D eigenvalue weighted by Crippen LogP contribution is -2.23. The van der Waals surface area contributed by atoms with Crippen LogP contribution in [0, 0.1) is 6.92 Å². The third-order valence-electron chi connectivity index (χ3n) is 4.64. The van der Waals surface area contributed by atoms with Crippen LogP contribution in [0.15, 0.2) is 53.3 Å². The fourth-order valence-electron chi connectivity index (χ4n) is 2.91. The van der Waals surface area contributed by atoms with Crippen molar-refractivity contribution in [1.82, 2.24) is 14.6 Å². The number of hydrogen-bond acceptors (Lipinski definition) is 5. The number of aromatic nitrogens is 3. The number of benzene rings is 2. The molecule has 0 aliphatic heterocycles. The molecule has 152 valence electrons. The second-order valence-corrected chi connectivity index (χ2v) is 8.10. The summed E-state index contributed by atoms with van der Waals surface area (Å²) in [7, 11) is 0. The van der Waals surface area contributed by atoms with Gasteiger partial charge in [0.2, 0.25) is 4.96 Å². The highest BCUT2D eigenvalue weighted by Crippen LogP contribution is 2.14. The summed E-state index contributed by atoms with van der Waals surface area (Å²) < 4.78 is 7.66. The Hall–Kier alpha value is -3.25. The highest BCUT2D eigenvalue weighted by atomic mass is 32.1. The average Bonchev–Trinajstić information content (AvgIpc) is 3.28. The minimum atomic E-state index is -0.152. The first-order valence-corrected chi connectivity index (χ1v) is 10.8. The first kappa shape index (κ1) is 20.0. The molecule has 0 saturated heterocycles. The van der Waals surface area contributed by atoms with Crippen LogP contribution in [0.5, 0.6) is 5.75 Å². The molecule has 0 saturated carbocycles. The van der Waals surface area contributed by atoms with Crippen molar-refractivity contribution >= 4 is 34.5 Å². The van der Waals surface area contributed by atoms with Crippen LogP contribution in [0.4, 0.5) is 0 Å². The maximum atomic E-state index is 12.7. The van der Waals surface area contributed by atoms with Crippen LogP contribution >= 0.6 is 11.3 Å². The van der Waals surface area contributed by atoms with Gasteiger partial charge in [0.05, 0.1) is 11.1 Å². The van der Waals surface area contributed by atoms with Crippen molar-refractivity contribution in [3.63, 3.8) is 0 Å². The number of thiazole rings is 1. The molecule has 0 bridgehead atoms. The molecule has 0 aliphatic carbocycles. The number of unbranched alkanes of at least 4 members (excludes halogenated alkanes) is 1. The highest BCUT2D eigenvalue weighted by molar-refractivity contribution is 7.15. The molecule has 2 heterocycles. The minimum Gasteiger partial charge on any atom is -0.494 e. The Kier molecular flexibility index (Phi) is 6.05. The van der Waals surface area contributed by atoms with Crippen LogP contribution < -0.4 is 14.8 Å². The van der Waals surface area contributed by atoms with Crippen molar-refractivity contribution in [3.05, 3.63) is 85.9 Å². The maximum absolute atomic E-state index is 12.7. The number of rotatable bonds is 7. The Morgan fingerprint density at radius 1 is 1.03 bits per heavy atom. The summed E-state index contributed by atoms with van der Waals surface area (Å²) in [4.78, 5) is 17.7. The van der Waals surface area contributed by atoms with E-state index in [4.69, 9.17) is 4.74 Å². The van der Waals surface area contributed by atoms with Gasteiger partial charge in [0, 0.05) is 0 Å². The lowest BCUT2D eigenvalue weighted by atomic mass is 10.1. The number of aryl methyl sites for hydroxylation is 1. The Balaban J connectivity index is 1.53. The summed E-state index contributed by atoms with van der Waals surface area (Å²) in [5, 5.41) is 4.34. The van der Waals surface area contributed by atoms with E-state index in [1.165, 1.54) is 21.4 Å². The van der Waals surface area contributed by atoms with Crippen molar-refractivity contribution < 1.29 is 4.74 Å². The first-order chi connectivity index (χ1) is 14.6. The summed E-state index contributed by atoms with van der Waals surface area (Å²) in [5.74, 6) is 1.37. The largest absolute Gasteiger partial charge is 0.494 e. The van der Waals surface area contributed by atoms with Gasteiger partial charge in [-0.15, -0.1) is 5.10 Å². The first-order valence-electron chi connectivity index (χ1n) is 10.0. The fourth-order valence-corrected chi connectivity index (χ4v) is 3.83. The van der Waals surface area contributed by atoms with Crippen molar-refractivity contribution in [3.8, 4) is 5.75 Å². The monoisotopic (exact) mass is 417 g/mol. The lowest BCUT2D eigenvalue weighted by molar-refractivity contribution is 0.309. The summed E-state index contributed by atoms with van der Waals surface area (Å²) in [6, 6.07) is 15.9. The van der Waals surface area contributed by atoms with E-state index in [1.54, 1.807) is 0 Å². The maximum Gasteiger partial charge on any atom is 0.291 e. The van der Waals surface area contributed by atoms with Gasteiger partial charge in [-0.1, -0.05) is 72.7 Å². The SMILES string of the molecule is CCCCOc1ccc(/C=c2\sc3nc(/C=C/c4ccc(C)cc4)nn3c2=O)cc1. The summed E-state index contributed by atoms with van der Waals surface area (Å²) in [5.41, 5.74) is 3.07. The van der Waals surface area contributed by atoms with Gasteiger partial charge in [0.1, 0.15) is 5.75 Å². The topological polar surface area (TPSA) is 56.5 Å². The normalized spacial score (nSPS) is 12.3. The Labute approximate surface area is 179 Å². The molecule has 0 spiro atoms. The zero-order valence-corrected chi connectivity index (χ0v) is 17.9. The van der Waals surface area contributed by atoms with E-state index >= 15 is 0 Å². The van der Waals surface area contributed by atoms with Gasteiger partial charge in [0.15, 0.2) is 5.82 Å². The third-order valence-corrected chi connectivity index (χ3v) is 5.60. The van der Waals surface area contributed by atoms with E-state index < -0.39 is 0 Å². The van der Waals surface area contributed by atoms with E-state index in [9.17, 15) is 4.79 Å². The molecule has 5 nitrogen and oxygen atoms in total. The van der Waals surface area contributed by atoms with Gasteiger partial charge in [0.25, 0.3) is 5.56 Å².